The molecule has 22 heavy (non-hydrogen) atoms. The van der Waals surface area contributed by atoms with Gasteiger partial charge in [-0.15, -0.1) is 5.10 Å². The molecule has 1 N–H and O–H groups in total. The Morgan fingerprint density at radius 2 is 2.05 bits per heavy atom. The van der Waals surface area contributed by atoms with Crippen molar-refractivity contribution in [3.05, 3.63) is 58.6 Å². The van der Waals surface area contributed by atoms with Gasteiger partial charge in [0.2, 0.25) is 10.6 Å². The monoisotopic (exact) mass is 312 g/mol. The van der Waals surface area contributed by atoms with Crippen molar-refractivity contribution in [1.29, 1.82) is 0 Å². The molecule has 0 radical (unpaired) electrons. The second-order valence-electron chi connectivity index (χ2n) is 5.21. The van der Waals surface area contributed by atoms with Crippen LogP contribution in [0.1, 0.15) is 30.9 Å². The maximum Gasteiger partial charge on any atom is 0.219 e. The highest BCUT2D eigenvalue weighted by molar-refractivity contribution is 7.71. The Kier molecular flexibility index (Phi) is 4.02. The first kappa shape index (κ1) is 14.5. The summed E-state index contributed by atoms with van der Waals surface area (Å²) in [6, 6.07) is 11.9. The van der Waals surface area contributed by atoms with Crippen LogP contribution in [-0.4, -0.2) is 21.1 Å². The lowest BCUT2D eigenvalue weighted by Gasteiger charge is -2.04. The van der Waals surface area contributed by atoms with Crippen LogP contribution < -0.4 is 0 Å². The Morgan fingerprint density at radius 3 is 2.68 bits per heavy atom. The quantitative estimate of drug-likeness (QED) is 0.580. The molecule has 0 amide bonds. The van der Waals surface area contributed by atoms with Gasteiger partial charge >= 0.3 is 0 Å². The lowest BCUT2D eigenvalue weighted by molar-refractivity contribution is 0.573. The third-order valence-corrected chi connectivity index (χ3v) is 3.58. The molecular formula is C16H16N4OS. The zero-order chi connectivity index (χ0) is 15.5. The minimum Gasteiger partial charge on any atom is -0.461 e. The molecule has 0 saturated carbocycles. The predicted octanol–water partition coefficient (Wildman–Crippen LogP) is 4.21. The molecule has 3 rings (SSSR count). The van der Waals surface area contributed by atoms with E-state index in [0.717, 1.165) is 5.56 Å². The van der Waals surface area contributed by atoms with Crippen molar-refractivity contribution in [3.8, 4) is 11.6 Å². The van der Waals surface area contributed by atoms with Crippen molar-refractivity contribution in [2.45, 2.75) is 19.8 Å². The van der Waals surface area contributed by atoms with Crippen molar-refractivity contribution in [2.24, 2.45) is 5.10 Å². The third-order valence-electron chi connectivity index (χ3n) is 3.32. The zero-order valence-corrected chi connectivity index (χ0v) is 13.2. The van der Waals surface area contributed by atoms with Crippen molar-refractivity contribution in [3.63, 3.8) is 0 Å². The highest BCUT2D eigenvalue weighted by Crippen LogP contribution is 2.17. The van der Waals surface area contributed by atoms with Gasteiger partial charge < -0.3 is 4.42 Å². The Morgan fingerprint density at radius 1 is 1.27 bits per heavy atom. The number of furan rings is 1. The summed E-state index contributed by atoms with van der Waals surface area (Å²) in [6.07, 6.45) is 3.34. The second-order valence-corrected chi connectivity index (χ2v) is 5.59. The fourth-order valence-electron chi connectivity index (χ4n) is 2.06. The molecule has 0 atom stereocenters. The Balaban J connectivity index is 1.90. The van der Waals surface area contributed by atoms with E-state index in [-0.39, 0.29) is 0 Å². The first-order chi connectivity index (χ1) is 10.6. The van der Waals surface area contributed by atoms with Crippen molar-refractivity contribution >= 4 is 18.4 Å². The summed E-state index contributed by atoms with van der Waals surface area (Å²) in [5.74, 6) is 1.67. The number of hydrogen-bond donors (Lipinski definition) is 1. The van der Waals surface area contributed by atoms with Crippen molar-refractivity contribution in [2.75, 3.05) is 0 Å². The molecule has 0 bridgehead atoms. The summed E-state index contributed by atoms with van der Waals surface area (Å²) in [5, 5.41) is 11.3. The molecular weight excluding hydrogens is 296 g/mol. The minimum atomic E-state index is 0.418. The highest BCUT2D eigenvalue weighted by atomic mass is 32.1. The summed E-state index contributed by atoms with van der Waals surface area (Å²) >= 11 is 5.21. The zero-order valence-electron chi connectivity index (χ0n) is 12.4. The smallest absolute Gasteiger partial charge is 0.219 e. The molecule has 0 fully saturated rings. The van der Waals surface area contributed by atoms with E-state index in [0.29, 0.717) is 22.3 Å². The van der Waals surface area contributed by atoms with Crippen LogP contribution in [0.15, 0.2) is 52.2 Å². The second kappa shape index (κ2) is 6.11. The average molecular weight is 312 g/mol. The summed E-state index contributed by atoms with van der Waals surface area (Å²) < 4.78 is 7.31. The summed E-state index contributed by atoms with van der Waals surface area (Å²) in [4.78, 5) is 0. The lowest BCUT2D eigenvalue weighted by atomic mass is 10.0. The number of nitrogens with zero attached hydrogens (tertiary/aromatic N) is 3. The number of hydrogen-bond acceptors (Lipinski definition) is 4. The standard InChI is InChI=1S/C16H16N4OS/c1-11(2)13-7-5-12(6-8-13)10-17-20-15(18-19-16(20)22)14-4-3-9-21-14/h3-11H,1-2H3,(H,19,22)/b17-10-. The Bertz CT molecular complexity index is 826. The summed E-state index contributed by atoms with van der Waals surface area (Å²) in [6.45, 7) is 4.34. The molecule has 0 saturated heterocycles. The molecule has 0 unspecified atom stereocenters. The molecule has 6 heteroatoms. The van der Waals surface area contributed by atoms with Crippen LogP contribution in [0.5, 0.6) is 0 Å². The Hall–Kier alpha value is -2.47. The van der Waals surface area contributed by atoms with Gasteiger partial charge in [-0.05, 0) is 41.4 Å². The van der Waals surface area contributed by atoms with Crippen molar-refractivity contribution in [1.82, 2.24) is 14.9 Å². The fourth-order valence-corrected chi connectivity index (χ4v) is 2.23. The molecule has 3 aromatic rings. The number of H-pyrrole nitrogens is 1. The van der Waals surface area contributed by atoms with Gasteiger partial charge in [-0.2, -0.15) is 9.78 Å². The number of nitrogens with one attached hydrogen (secondary N) is 1. The van der Waals surface area contributed by atoms with Crippen LogP contribution in [0.25, 0.3) is 11.6 Å². The lowest BCUT2D eigenvalue weighted by Crippen LogP contribution is -1.94. The average Bonchev–Trinajstić information content (AvgIpc) is 3.15. The van der Waals surface area contributed by atoms with E-state index in [1.165, 1.54) is 5.56 Å². The Labute approximate surface area is 133 Å². The van der Waals surface area contributed by atoms with Gasteiger partial charge in [-0.1, -0.05) is 38.1 Å². The van der Waals surface area contributed by atoms with Gasteiger partial charge in [0.25, 0.3) is 0 Å². The van der Waals surface area contributed by atoms with Gasteiger partial charge in [0.15, 0.2) is 5.76 Å². The number of benzene rings is 1. The van der Waals surface area contributed by atoms with Crippen LogP contribution in [-0.2, 0) is 0 Å². The maximum atomic E-state index is 5.34. The van der Waals surface area contributed by atoms with Gasteiger partial charge in [-0.3, -0.25) is 0 Å². The molecule has 0 spiro atoms. The topological polar surface area (TPSA) is 59.1 Å². The van der Waals surface area contributed by atoms with Crippen LogP contribution in [0.4, 0.5) is 0 Å². The van der Waals surface area contributed by atoms with Gasteiger partial charge in [0.1, 0.15) is 0 Å². The molecule has 2 heterocycles. The molecule has 2 aromatic heterocycles. The van der Waals surface area contributed by atoms with E-state index in [1.807, 2.05) is 18.2 Å². The molecule has 0 aliphatic heterocycles. The van der Waals surface area contributed by atoms with Crippen LogP contribution in [0.2, 0.25) is 0 Å². The maximum absolute atomic E-state index is 5.34. The number of aromatic nitrogens is 3. The summed E-state index contributed by atoms with van der Waals surface area (Å²) in [5.41, 5.74) is 2.30. The van der Waals surface area contributed by atoms with E-state index >= 15 is 0 Å². The minimum absolute atomic E-state index is 0.418. The SMILES string of the molecule is CC(C)c1ccc(/C=N\n2c(-c3ccco3)n[nH]c2=S)cc1. The largest absolute Gasteiger partial charge is 0.461 e. The fraction of sp³-hybridized carbons (Fsp3) is 0.188. The first-order valence-corrected chi connectivity index (χ1v) is 7.41. The molecule has 1 aromatic carbocycles. The van der Waals surface area contributed by atoms with Crippen LogP contribution in [0.3, 0.4) is 0 Å². The first-order valence-electron chi connectivity index (χ1n) is 7.01. The van der Waals surface area contributed by atoms with Gasteiger partial charge in [0.05, 0.1) is 12.5 Å². The third kappa shape index (κ3) is 2.92. The van der Waals surface area contributed by atoms with Gasteiger partial charge in [-0.25, -0.2) is 5.10 Å². The van der Waals surface area contributed by atoms with Crippen molar-refractivity contribution < 1.29 is 4.42 Å². The van der Waals surface area contributed by atoms with Gasteiger partial charge in [0, 0.05) is 0 Å². The molecule has 0 aliphatic rings. The van der Waals surface area contributed by atoms with Crippen LogP contribution >= 0.6 is 12.2 Å². The van der Waals surface area contributed by atoms with E-state index in [4.69, 9.17) is 16.6 Å². The normalized spacial score (nSPS) is 11.6. The molecule has 5 nitrogen and oxygen atoms in total. The van der Waals surface area contributed by atoms with E-state index in [1.54, 1.807) is 23.2 Å². The summed E-state index contributed by atoms with van der Waals surface area (Å²) in [7, 11) is 0. The molecule has 0 aliphatic carbocycles. The highest BCUT2D eigenvalue weighted by Gasteiger charge is 2.10. The molecule has 112 valence electrons. The number of aromatic amines is 1. The predicted molar refractivity (Wildman–Crippen MR) is 88.6 cm³/mol. The van der Waals surface area contributed by atoms with Crippen LogP contribution in [0, 0.1) is 4.77 Å². The van der Waals surface area contributed by atoms with E-state index in [2.05, 4.69) is 41.3 Å². The number of rotatable bonds is 4. The van der Waals surface area contributed by atoms with E-state index in [9.17, 15) is 0 Å². The van der Waals surface area contributed by atoms with E-state index < -0.39 is 0 Å².